The Morgan fingerprint density at radius 1 is 0.609 bits per heavy atom. The molecule has 0 rings (SSSR count). The molecule has 0 unspecified atom stereocenters. The molecule has 0 bridgehead atoms. The molecular weight excluding hydrogens is 331 g/mol. The summed E-state index contributed by atoms with van der Waals surface area (Å²) in [5.74, 6) is 0.799. The summed E-state index contributed by atoms with van der Waals surface area (Å²) in [5, 5.41) is 0. The number of alkyl halides is 2. The summed E-state index contributed by atoms with van der Waals surface area (Å²) in [6, 6.07) is 0. The van der Waals surface area contributed by atoms with E-state index in [-0.39, 0.29) is 22.0 Å². The molecule has 0 heterocycles. The van der Waals surface area contributed by atoms with Crippen LogP contribution in [0.15, 0.2) is 0 Å². The normalized spacial score (nSPS) is 12.8. The van der Waals surface area contributed by atoms with E-state index in [2.05, 4.69) is 55.4 Å². The van der Waals surface area contributed by atoms with Crippen LogP contribution in [0, 0.1) is 22.2 Å². The summed E-state index contributed by atoms with van der Waals surface area (Å²) in [7, 11) is 3.30. The molecule has 0 saturated heterocycles. The highest BCUT2D eigenvalue weighted by atomic mass is 35.5. The summed E-state index contributed by atoms with van der Waals surface area (Å²) in [6.45, 7) is 23.5. The molecule has 0 atom stereocenters. The van der Waals surface area contributed by atoms with Crippen molar-refractivity contribution >= 4 is 23.2 Å². The molecule has 144 valence electrons. The van der Waals surface area contributed by atoms with Crippen molar-refractivity contribution in [1.29, 1.82) is 0 Å². The van der Waals surface area contributed by atoms with Gasteiger partial charge in [-0.1, -0.05) is 76.2 Å². The van der Waals surface area contributed by atoms with Crippen molar-refractivity contribution in [3.05, 3.63) is 0 Å². The Morgan fingerprint density at radius 3 is 0.826 bits per heavy atom. The van der Waals surface area contributed by atoms with E-state index in [4.69, 9.17) is 32.7 Å². The average Bonchev–Trinajstić information content (AvgIpc) is 2.27. The lowest BCUT2D eigenvalue weighted by Crippen LogP contribution is -2.29. The van der Waals surface area contributed by atoms with Gasteiger partial charge in [0.05, 0.1) is 0 Å². The predicted molar refractivity (Wildman–Crippen MR) is 107 cm³/mol. The number of ether oxygens (including phenoxy) is 2. The molecule has 0 aromatic carbocycles. The smallest absolute Gasteiger partial charge is 0.161 e. The molecule has 23 heavy (non-hydrogen) atoms. The second-order valence-electron chi connectivity index (χ2n) is 9.36. The highest BCUT2D eigenvalue weighted by molar-refractivity contribution is 6.44. The van der Waals surface area contributed by atoms with Crippen LogP contribution in [-0.4, -0.2) is 25.3 Å². The fourth-order valence-corrected chi connectivity index (χ4v) is 0.803. The maximum atomic E-state index is 5.52. The van der Waals surface area contributed by atoms with E-state index in [1.807, 2.05) is 20.8 Å². The molecule has 0 saturated carbocycles. The summed E-state index contributed by atoms with van der Waals surface area (Å²) >= 11 is 11.0. The Labute approximate surface area is 156 Å². The zero-order chi connectivity index (χ0) is 19.6. The van der Waals surface area contributed by atoms with Crippen LogP contribution in [0.4, 0.5) is 0 Å². The SMILES string of the molecule is CC(C)(C)C(Cl)Cl.CC(C)C(C)(C)C.COC(OC)C(C)(C)C. The Balaban J connectivity index is -0.000000264. The Hall–Kier alpha value is 0.500. The number of halogens is 2. The number of hydrogen-bond donors (Lipinski definition) is 0. The first-order valence-electron chi connectivity index (χ1n) is 8.25. The Morgan fingerprint density at radius 2 is 0.826 bits per heavy atom. The minimum Gasteiger partial charge on any atom is -0.355 e. The van der Waals surface area contributed by atoms with Crippen LogP contribution in [0.2, 0.25) is 0 Å². The van der Waals surface area contributed by atoms with Crippen LogP contribution < -0.4 is 0 Å². The molecule has 0 aromatic heterocycles. The molecule has 0 amide bonds. The minimum absolute atomic E-state index is 0.0309. The first kappa shape index (κ1) is 28.3. The van der Waals surface area contributed by atoms with E-state index >= 15 is 0 Å². The van der Waals surface area contributed by atoms with Gasteiger partial charge in [-0.3, -0.25) is 0 Å². The molecule has 0 N–H and O–H groups in total. The van der Waals surface area contributed by atoms with Crippen molar-refractivity contribution < 1.29 is 9.47 Å². The monoisotopic (exact) mass is 372 g/mol. The summed E-state index contributed by atoms with van der Waals surface area (Å²) in [4.78, 5) is -0.257. The van der Waals surface area contributed by atoms with E-state index in [1.165, 1.54) is 0 Å². The zero-order valence-corrected chi connectivity index (χ0v) is 19.3. The highest BCUT2D eigenvalue weighted by Crippen LogP contribution is 2.26. The van der Waals surface area contributed by atoms with Gasteiger partial charge >= 0.3 is 0 Å². The van der Waals surface area contributed by atoms with Crippen molar-refractivity contribution in [2.24, 2.45) is 22.2 Å². The Kier molecular flexibility index (Phi) is 14.7. The van der Waals surface area contributed by atoms with Crippen LogP contribution in [0.5, 0.6) is 0 Å². The highest BCUT2D eigenvalue weighted by Gasteiger charge is 2.23. The van der Waals surface area contributed by atoms with Gasteiger partial charge in [0.2, 0.25) is 0 Å². The number of methoxy groups -OCH3 is 2. The van der Waals surface area contributed by atoms with Gasteiger partial charge in [0.15, 0.2) is 6.29 Å². The summed E-state index contributed by atoms with van der Waals surface area (Å²) in [6.07, 6.45) is -0.0995. The van der Waals surface area contributed by atoms with Gasteiger partial charge in [-0.05, 0) is 16.7 Å². The largest absolute Gasteiger partial charge is 0.355 e. The average molecular weight is 373 g/mol. The zero-order valence-electron chi connectivity index (χ0n) is 17.8. The van der Waals surface area contributed by atoms with Crippen molar-refractivity contribution in [2.45, 2.75) is 87.3 Å². The van der Waals surface area contributed by atoms with Gasteiger partial charge in [0.25, 0.3) is 0 Å². The maximum absolute atomic E-state index is 5.52. The molecule has 0 spiro atoms. The van der Waals surface area contributed by atoms with Crippen molar-refractivity contribution in [1.82, 2.24) is 0 Å². The van der Waals surface area contributed by atoms with Crippen LogP contribution in [-0.2, 0) is 9.47 Å². The van der Waals surface area contributed by atoms with Gasteiger partial charge in [-0.2, -0.15) is 0 Å². The molecule has 0 aliphatic carbocycles. The van der Waals surface area contributed by atoms with Crippen LogP contribution in [0.3, 0.4) is 0 Å². The van der Waals surface area contributed by atoms with Gasteiger partial charge in [0.1, 0.15) is 4.84 Å². The van der Waals surface area contributed by atoms with Crippen molar-refractivity contribution in [3.8, 4) is 0 Å². The first-order valence-corrected chi connectivity index (χ1v) is 9.12. The lowest BCUT2D eigenvalue weighted by Gasteiger charge is -2.27. The van der Waals surface area contributed by atoms with Gasteiger partial charge in [0, 0.05) is 19.6 Å². The number of rotatable bonds is 2. The predicted octanol–water partition coefficient (Wildman–Crippen LogP) is 7.18. The van der Waals surface area contributed by atoms with Crippen molar-refractivity contribution in [2.75, 3.05) is 14.2 Å². The van der Waals surface area contributed by atoms with E-state index in [0.717, 1.165) is 5.92 Å². The van der Waals surface area contributed by atoms with E-state index < -0.39 is 0 Å². The van der Waals surface area contributed by atoms with Gasteiger partial charge in [-0.25, -0.2) is 0 Å². The third kappa shape index (κ3) is 18.7. The molecule has 0 fully saturated rings. The quantitative estimate of drug-likeness (QED) is 0.377. The molecule has 0 aromatic rings. The number of hydrogen-bond acceptors (Lipinski definition) is 2. The molecule has 4 heteroatoms. The second-order valence-corrected chi connectivity index (χ2v) is 10.5. The third-order valence-electron chi connectivity index (χ3n) is 3.52. The van der Waals surface area contributed by atoms with Crippen LogP contribution >= 0.6 is 23.2 Å². The molecule has 2 nitrogen and oxygen atoms in total. The van der Waals surface area contributed by atoms with Crippen LogP contribution in [0.25, 0.3) is 0 Å². The maximum Gasteiger partial charge on any atom is 0.161 e. The lowest BCUT2D eigenvalue weighted by molar-refractivity contribution is -0.161. The first-order chi connectivity index (χ1) is 9.91. The van der Waals surface area contributed by atoms with E-state index in [0.29, 0.717) is 5.41 Å². The Bertz CT molecular complexity index is 247. The van der Waals surface area contributed by atoms with E-state index in [1.54, 1.807) is 14.2 Å². The fourth-order valence-electron chi connectivity index (χ4n) is 0.803. The van der Waals surface area contributed by atoms with Gasteiger partial charge < -0.3 is 9.47 Å². The summed E-state index contributed by atoms with van der Waals surface area (Å²) in [5.41, 5.74) is 0.604. The molecule has 0 radical (unpaired) electrons. The van der Waals surface area contributed by atoms with Gasteiger partial charge in [-0.15, -0.1) is 23.2 Å². The lowest BCUT2D eigenvalue weighted by atomic mass is 9.84. The standard InChI is InChI=1S/C7H16O2.C7H16.C5H10Cl2/c1-7(2,3)6(8-4)9-5;1-6(2)7(3,4)5;1-5(2,3)4(6)7/h6H,1-5H3;6H,1-5H3;4H,1-3H3. The fraction of sp³-hybridized carbons (Fsp3) is 1.00. The molecular formula is C19H42Cl2O2. The van der Waals surface area contributed by atoms with Crippen LogP contribution in [0.1, 0.15) is 76.2 Å². The molecule has 0 aliphatic rings. The summed E-state index contributed by atoms with van der Waals surface area (Å²) < 4.78 is 10.1. The second kappa shape index (κ2) is 12.0. The topological polar surface area (TPSA) is 18.5 Å². The van der Waals surface area contributed by atoms with E-state index in [9.17, 15) is 0 Å². The van der Waals surface area contributed by atoms with Crippen molar-refractivity contribution in [3.63, 3.8) is 0 Å². The molecule has 0 aliphatic heterocycles. The minimum atomic E-state index is -0.257. The third-order valence-corrected chi connectivity index (χ3v) is 4.83.